The summed E-state index contributed by atoms with van der Waals surface area (Å²) in [5.74, 6) is 0.483. The summed E-state index contributed by atoms with van der Waals surface area (Å²) in [6.07, 6.45) is 2.08. The van der Waals surface area contributed by atoms with Gasteiger partial charge in [0.25, 0.3) is 5.91 Å². The maximum absolute atomic E-state index is 12.5. The van der Waals surface area contributed by atoms with Crippen molar-refractivity contribution in [1.29, 1.82) is 0 Å². The molecule has 26 heavy (non-hydrogen) atoms. The van der Waals surface area contributed by atoms with Crippen LogP contribution in [0, 0.1) is 0 Å². The van der Waals surface area contributed by atoms with Crippen LogP contribution in [0.3, 0.4) is 0 Å². The van der Waals surface area contributed by atoms with Crippen LogP contribution < -0.4 is 15.0 Å². The molecular formula is C20H19ClN2O3. The molecule has 2 amide bonds. The lowest BCUT2D eigenvalue weighted by molar-refractivity contribution is -0.122. The summed E-state index contributed by atoms with van der Waals surface area (Å²) in [4.78, 5) is 26.3. The Balaban J connectivity index is 1.40. The summed E-state index contributed by atoms with van der Waals surface area (Å²) < 4.78 is 5.43. The van der Waals surface area contributed by atoms with Gasteiger partial charge in [-0.25, -0.2) is 0 Å². The fourth-order valence-electron chi connectivity index (χ4n) is 3.32. The number of ether oxygens (including phenoxy) is 1. The number of nitrogens with one attached hydrogen (secondary N) is 1. The fourth-order valence-corrected chi connectivity index (χ4v) is 3.45. The standard InChI is InChI=1S/C20H19ClN2O3/c21-15-7-5-14(6-8-15)20(10-11-20)22-18(24)9-12-23-16-3-1-2-4-17(16)26-13-19(23)25/h1-8H,9-13H2,(H,22,24). The third-order valence-electron chi connectivity index (χ3n) is 4.90. The Hall–Kier alpha value is -2.53. The van der Waals surface area contributed by atoms with Crippen molar-refractivity contribution >= 4 is 29.1 Å². The van der Waals surface area contributed by atoms with E-state index < -0.39 is 0 Å². The van der Waals surface area contributed by atoms with E-state index in [0.717, 1.165) is 24.1 Å². The highest BCUT2D eigenvalue weighted by atomic mass is 35.5. The molecule has 0 aromatic heterocycles. The second kappa shape index (κ2) is 6.65. The van der Waals surface area contributed by atoms with Gasteiger partial charge >= 0.3 is 0 Å². The van der Waals surface area contributed by atoms with Gasteiger partial charge in [0.1, 0.15) is 5.75 Å². The van der Waals surface area contributed by atoms with Crippen LogP contribution in [0.5, 0.6) is 5.75 Å². The van der Waals surface area contributed by atoms with Crippen LogP contribution in [-0.2, 0) is 15.1 Å². The number of halogens is 1. The number of rotatable bonds is 5. The molecule has 6 heteroatoms. The molecule has 1 heterocycles. The predicted molar refractivity (Wildman–Crippen MR) is 99.4 cm³/mol. The smallest absolute Gasteiger partial charge is 0.265 e. The first-order valence-electron chi connectivity index (χ1n) is 8.67. The highest BCUT2D eigenvalue weighted by Crippen LogP contribution is 2.45. The molecule has 0 radical (unpaired) electrons. The molecule has 0 saturated heterocycles. The molecule has 0 unspecified atom stereocenters. The summed E-state index contributed by atoms with van der Waals surface area (Å²) in [5, 5.41) is 3.81. The van der Waals surface area contributed by atoms with Crippen molar-refractivity contribution in [2.75, 3.05) is 18.1 Å². The van der Waals surface area contributed by atoms with E-state index >= 15 is 0 Å². The minimum Gasteiger partial charge on any atom is -0.482 e. The number of amides is 2. The van der Waals surface area contributed by atoms with E-state index in [0.29, 0.717) is 17.3 Å². The van der Waals surface area contributed by atoms with Gasteiger partial charge in [0.2, 0.25) is 5.91 Å². The van der Waals surface area contributed by atoms with E-state index in [1.54, 1.807) is 4.90 Å². The number of benzene rings is 2. The van der Waals surface area contributed by atoms with E-state index in [2.05, 4.69) is 5.32 Å². The van der Waals surface area contributed by atoms with Crippen LogP contribution in [-0.4, -0.2) is 25.0 Å². The topological polar surface area (TPSA) is 58.6 Å². The van der Waals surface area contributed by atoms with E-state index in [1.807, 2.05) is 48.5 Å². The third kappa shape index (κ3) is 3.27. The summed E-state index contributed by atoms with van der Waals surface area (Å²) in [6, 6.07) is 15.0. The first kappa shape index (κ1) is 16.9. The lowest BCUT2D eigenvalue weighted by Gasteiger charge is -2.29. The van der Waals surface area contributed by atoms with Gasteiger partial charge < -0.3 is 15.0 Å². The highest BCUT2D eigenvalue weighted by molar-refractivity contribution is 6.30. The zero-order valence-electron chi connectivity index (χ0n) is 14.2. The summed E-state index contributed by atoms with van der Waals surface area (Å²) in [6.45, 7) is 0.342. The predicted octanol–water partition coefficient (Wildman–Crippen LogP) is 3.26. The van der Waals surface area contributed by atoms with Gasteiger partial charge in [-0.1, -0.05) is 35.9 Å². The molecule has 1 saturated carbocycles. The molecule has 5 nitrogen and oxygen atoms in total. The summed E-state index contributed by atoms with van der Waals surface area (Å²) >= 11 is 5.94. The van der Waals surface area contributed by atoms with Gasteiger partial charge in [-0.2, -0.15) is 0 Å². The Morgan fingerprint density at radius 1 is 1.15 bits per heavy atom. The molecule has 1 N–H and O–H groups in total. The van der Waals surface area contributed by atoms with Crippen LogP contribution >= 0.6 is 11.6 Å². The van der Waals surface area contributed by atoms with Crippen LogP contribution in [0.25, 0.3) is 0 Å². The van der Waals surface area contributed by atoms with Crippen LogP contribution in [0.1, 0.15) is 24.8 Å². The number of hydrogen-bond donors (Lipinski definition) is 1. The van der Waals surface area contributed by atoms with Crippen LogP contribution in [0.15, 0.2) is 48.5 Å². The Morgan fingerprint density at radius 3 is 2.62 bits per heavy atom. The summed E-state index contributed by atoms with van der Waals surface area (Å²) in [5.41, 5.74) is 1.51. The number of nitrogens with zero attached hydrogens (tertiary/aromatic N) is 1. The Morgan fingerprint density at radius 2 is 1.88 bits per heavy atom. The molecule has 1 aliphatic carbocycles. The van der Waals surface area contributed by atoms with Crippen molar-refractivity contribution in [3.8, 4) is 5.75 Å². The molecule has 2 aliphatic rings. The fraction of sp³-hybridized carbons (Fsp3) is 0.300. The van der Waals surface area contributed by atoms with E-state index in [-0.39, 0.29) is 30.4 Å². The molecule has 0 bridgehead atoms. The van der Waals surface area contributed by atoms with E-state index in [1.165, 1.54) is 0 Å². The van der Waals surface area contributed by atoms with Gasteiger partial charge in [-0.3, -0.25) is 9.59 Å². The molecule has 2 aromatic rings. The van der Waals surface area contributed by atoms with Crippen LogP contribution in [0.4, 0.5) is 5.69 Å². The molecule has 1 aliphatic heterocycles. The zero-order valence-corrected chi connectivity index (χ0v) is 15.0. The molecule has 134 valence electrons. The normalized spacial score (nSPS) is 17.3. The lowest BCUT2D eigenvalue weighted by Crippen LogP contribution is -2.42. The second-order valence-electron chi connectivity index (χ2n) is 6.69. The molecule has 2 aromatic carbocycles. The van der Waals surface area contributed by atoms with Crippen molar-refractivity contribution in [3.05, 3.63) is 59.1 Å². The van der Waals surface area contributed by atoms with Gasteiger partial charge in [0.05, 0.1) is 11.2 Å². The maximum atomic E-state index is 12.5. The van der Waals surface area contributed by atoms with Crippen molar-refractivity contribution < 1.29 is 14.3 Å². The Labute approximate surface area is 156 Å². The van der Waals surface area contributed by atoms with Gasteiger partial charge in [0.15, 0.2) is 6.61 Å². The quantitative estimate of drug-likeness (QED) is 0.878. The second-order valence-corrected chi connectivity index (χ2v) is 7.13. The Bertz CT molecular complexity index is 846. The lowest BCUT2D eigenvalue weighted by atomic mass is 10.0. The first-order chi connectivity index (χ1) is 12.6. The molecular weight excluding hydrogens is 352 g/mol. The van der Waals surface area contributed by atoms with Crippen molar-refractivity contribution in [2.24, 2.45) is 0 Å². The molecule has 0 spiro atoms. The molecule has 1 fully saturated rings. The number of para-hydroxylation sites is 2. The average molecular weight is 371 g/mol. The minimum absolute atomic E-state index is 0.00729. The monoisotopic (exact) mass is 370 g/mol. The van der Waals surface area contributed by atoms with Crippen LogP contribution in [0.2, 0.25) is 5.02 Å². The van der Waals surface area contributed by atoms with Gasteiger partial charge in [-0.05, 0) is 42.7 Å². The first-order valence-corrected chi connectivity index (χ1v) is 9.04. The third-order valence-corrected chi connectivity index (χ3v) is 5.15. The molecule has 0 atom stereocenters. The zero-order chi connectivity index (χ0) is 18.1. The number of anilines is 1. The highest BCUT2D eigenvalue weighted by Gasteiger charge is 2.45. The number of carbonyl (C=O) groups is 2. The number of fused-ring (bicyclic) bond motifs is 1. The SMILES string of the molecule is O=C(CCN1C(=O)COc2ccccc21)NC1(c2ccc(Cl)cc2)CC1. The molecule has 4 rings (SSSR count). The van der Waals surface area contributed by atoms with Gasteiger partial charge in [0, 0.05) is 18.0 Å². The maximum Gasteiger partial charge on any atom is 0.265 e. The van der Waals surface area contributed by atoms with Crippen molar-refractivity contribution in [3.63, 3.8) is 0 Å². The van der Waals surface area contributed by atoms with E-state index in [4.69, 9.17) is 16.3 Å². The van der Waals surface area contributed by atoms with E-state index in [9.17, 15) is 9.59 Å². The largest absolute Gasteiger partial charge is 0.482 e. The average Bonchev–Trinajstić information content (AvgIpc) is 3.42. The van der Waals surface area contributed by atoms with Gasteiger partial charge in [-0.15, -0.1) is 0 Å². The van der Waals surface area contributed by atoms with Crippen molar-refractivity contribution in [2.45, 2.75) is 24.8 Å². The number of hydrogen-bond acceptors (Lipinski definition) is 3. The Kier molecular flexibility index (Phi) is 4.32. The summed E-state index contributed by atoms with van der Waals surface area (Å²) in [7, 11) is 0. The minimum atomic E-state index is -0.283. The van der Waals surface area contributed by atoms with Crippen molar-refractivity contribution in [1.82, 2.24) is 5.32 Å². The number of carbonyl (C=O) groups excluding carboxylic acids is 2.